The van der Waals surface area contributed by atoms with Gasteiger partial charge in [0.1, 0.15) is 11.3 Å². The maximum atomic E-state index is 10.9. The van der Waals surface area contributed by atoms with Crippen LogP contribution in [0, 0.1) is 0 Å². The number of carboxylic acid groups (broad SMARTS) is 1. The van der Waals surface area contributed by atoms with Crippen LogP contribution in [0.4, 0.5) is 11.4 Å². The zero-order chi connectivity index (χ0) is 15.4. The number of azo groups is 1. The van der Waals surface area contributed by atoms with Crippen molar-refractivity contribution >= 4 is 28.4 Å². The first-order valence-electron chi connectivity index (χ1n) is 5.66. The first-order chi connectivity index (χ1) is 9.97. The Morgan fingerprint density at radius 2 is 1.57 bits per heavy atom. The quantitative estimate of drug-likeness (QED) is 0.592. The molecule has 0 spiro atoms. The normalized spacial score (nSPS) is 12.4. The van der Waals surface area contributed by atoms with E-state index in [-0.39, 0.29) is 21.9 Å². The number of aromatic hydroxyl groups is 1. The van der Waals surface area contributed by atoms with Crippen molar-refractivity contribution in [1.29, 1.82) is 0 Å². The summed E-state index contributed by atoms with van der Waals surface area (Å²) in [6.07, 6.45) is 0. The number of hydrogen-bond donors (Lipinski definition) is 3. The van der Waals surface area contributed by atoms with Crippen molar-refractivity contribution in [3.05, 3.63) is 48.0 Å². The van der Waals surface area contributed by atoms with Crippen LogP contribution in [-0.4, -0.2) is 24.9 Å². The van der Waals surface area contributed by atoms with Gasteiger partial charge < -0.3 is 14.8 Å². The predicted octanol–water partition coefficient (Wildman–Crippen LogP) is 3.09. The molecule has 2 aromatic carbocycles. The lowest BCUT2D eigenvalue weighted by atomic mass is 10.2. The average molecular weight is 306 g/mol. The largest absolute Gasteiger partial charge is 0.507 e. The molecule has 0 radical (unpaired) electrons. The van der Waals surface area contributed by atoms with E-state index in [1.165, 1.54) is 42.5 Å². The fourth-order valence-electron chi connectivity index (χ4n) is 1.50. The standard InChI is InChI=1S/C13H10N2O5S/c16-12-6-3-9(7-11(12)13(17)18)15-14-8-1-4-10(5-2-8)21(19)20/h1-7,16H,(H,17,18)(H,19,20). The number of aromatic carboxylic acids is 1. The van der Waals surface area contributed by atoms with Crippen LogP contribution in [0.5, 0.6) is 5.75 Å². The third-order valence-electron chi connectivity index (χ3n) is 2.53. The van der Waals surface area contributed by atoms with E-state index in [0.717, 1.165) is 0 Å². The monoisotopic (exact) mass is 306 g/mol. The minimum absolute atomic E-state index is 0.242. The summed E-state index contributed by atoms with van der Waals surface area (Å²) < 4.78 is 19.7. The van der Waals surface area contributed by atoms with Gasteiger partial charge in [0.15, 0.2) is 11.1 Å². The molecule has 1 unspecified atom stereocenters. The zero-order valence-electron chi connectivity index (χ0n) is 10.5. The van der Waals surface area contributed by atoms with Crippen molar-refractivity contribution in [1.82, 2.24) is 0 Å². The Morgan fingerprint density at radius 3 is 2.14 bits per heavy atom. The van der Waals surface area contributed by atoms with E-state index >= 15 is 0 Å². The van der Waals surface area contributed by atoms with Crippen molar-refractivity contribution in [2.75, 3.05) is 0 Å². The summed E-state index contributed by atoms with van der Waals surface area (Å²) in [6.45, 7) is 0. The lowest BCUT2D eigenvalue weighted by Gasteiger charge is -2.00. The molecular weight excluding hydrogens is 296 g/mol. The van der Waals surface area contributed by atoms with Crippen molar-refractivity contribution in [2.24, 2.45) is 10.2 Å². The smallest absolute Gasteiger partial charge is 0.339 e. The summed E-state index contributed by atoms with van der Waals surface area (Å²) in [5, 5.41) is 26.0. The SMILES string of the molecule is O=C(O)c1cc(N=Nc2ccc(S(=O)O)cc2)ccc1O. The molecule has 108 valence electrons. The number of phenols is 1. The highest BCUT2D eigenvalue weighted by molar-refractivity contribution is 7.79. The van der Waals surface area contributed by atoms with Crippen molar-refractivity contribution in [2.45, 2.75) is 4.90 Å². The molecule has 3 N–H and O–H groups in total. The average Bonchev–Trinajstić information content (AvgIpc) is 2.46. The Bertz CT molecular complexity index is 728. The lowest BCUT2D eigenvalue weighted by molar-refractivity contribution is 0.0693. The minimum Gasteiger partial charge on any atom is -0.507 e. The van der Waals surface area contributed by atoms with Crippen LogP contribution in [0.15, 0.2) is 57.6 Å². The van der Waals surface area contributed by atoms with Gasteiger partial charge in [0, 0.05) is 0 Å². The van der Waals surface area contributed by atoms with E-state index in [0.29, 0.717) is 5.69 Å². The molecule has 0 amide bonds. The van der Waals surface area contributed by atoms with Crippen LogP contribution >= 0.6 is 0 Å². The maximum absolute atomic E-state index is 10.9. The van der Waals surface area contributed by atoms with Crippen molar-refractivity contribution < 1.29 is 23.8 Å². The predicted molar refractivity (Wildman–Crippen MR) is 74.7 cm³/mol. The van der Waals surface area contributed by atoms with Gasteiger partial charge in [-0.15, -0.1) is 0 Å². The minimum atomic E-state index is -2.05. The van der Waals surface area contributed by atoms with Gasteiger partial charge in [-0.3, -0.25) is 0 Å². The van der Waals surface area contributed by atoms with Gasteiger partial charge in [0.2, 0.25) is 0 Å². The molecule has 8 heteroatoms. The van der Waals surface area contributed by atoms with Crippen LogP contribution in [-0.2, 0) is 11.1 Å². The van der Waals surface area contributed by atoms with Gasteiger partial charge in [-0.1, -0.05) is 0 Å². The molecule has 7 nitrogen and oxygen atoms in total. The fourth-order valence-corrected chi connectivity index (χ4v) is 1.87. The lowest BCUT2D eigenvalue weighted by Crippen LogP contribution is -1.95. The second-order valence-corrected chi connectivity index (χ2v) is 4.92. The third-order valence-corrected chi connectivity index (χ3v) is 3.21. The van der Waals surface area contributed by atoms with E-state index in [4.69, 9.17) is 9.66 Å². The number of rotatable bonds is 4. The molecule has 0 aromatic heterocycles. The Hall–Kier alpha value is -2.58. The molecule has 2 aromatic rings. The first-order valence-corrected chi connectivity index (χ1v) is 6.77. The maximum Gasteiger partial charge on any atom is 0.339 e. The molecule has 0 aliphatic heterocycles. The van der Waals surface area contributed by atoms with Crippen LogP contribution in [0.2, 0.25) is 0 Å². The van der Waals surface area contributed by atoms with Gasteiger partial charge >= 0.3 is 5.97 Å². The van der Waals surface area contributed by atoms with E-state index in [9.17, 15) is 14.1 Å². The van der Waals surface area contributed by atoms with E-state index < -0.39 is 17.0 Å². The zero-order valence-corrected chi connectivity index (χ0v) is 11.3. The Morgan fingerprint density at radius 1 is 1.00 bits per heavy atom. The van der Waals surface area contributed by atoms with Crippen molar-refractivity contribution in [3.63, 3.8) is 0 Å². The summed E-state index contributed by atoms with van der Waals surface area (Å²) >= 11 is -2.05. The van der Waals surface area contributed by atoms with Gasteiger partial charge in [-0.05, 0) is 42.5 Å². The van der Waals surface area contributed by atoms with E-state index in [1.54, 1.807) is 0 Å². The van der Waals surface area contributed by atoms with Gasteiger partial charge in [-0.2, -0.15) is 10.2 Å². The topological polar surface area (TPSA) is 120 Å². The third kappa shape index (κ3) is 3.71. The van der Waals surface area contributed by atoms with E-state index in [1.807, 2.05) is 0 Å². The molecule has 2 rings (SSSR count). The van der Waals surface area contributed by atoms with Crippen LogP contribution in [0.25, 0.3) is 0 Å². The van der Waals surface area contributed by atoms with Gasteiger partial charge in [0.05, 0.1) is 16.3 Å². The summed E-state index contributed by atoms with van der Waals surface area (Å²) in [4.78, 5) is 11.1. The summed E-state index contributed by atoms with van der Waals surface area (Å²) in [7, 11) is 0. The molecular formula is C13H10N2O5S. The summed E-state index contributed by atoms with van der Waals surface area (Å²) in [6, 6.07) is 9.71. The Kier molecular flexibility index (Phi) is 4.41. The second kappa shape index (κ2) is 6.25. The molecule has 0 saturated heterocycles. The fraction of sp³-hybridized carbons (Fsp3) is 0. The van der Waals surface area contributed by atoms with Crippen LogP contribution in [0.1, 0.15) is 10.4 Å². The molecule has 0 aliphatic rings. The van der Waals surface area contributed by atoms with Gasteiger partial charge in [-0.25, -0.2) is 9.00 Å². The van der Waals surface area contributed by atoms with Gasteiger partial charge in [0.25, 0.3) is 0 Å². The number of carboxylic acids is 1. The number of benzene rings is 2. The molecule has 0 heterocycles. The highest BCUT2D eigenvalue weighted by Gasteiger charge is 2.09. The second-order valence-electron chi connectivity index (χ2n) is 3.95. The summed E-state index contributed by atoms with van der Waals surface area (Å²) in [5.41, 5.74) is 0.437. The summed E-state index contributed by atoms with van der Waals surface area (Å²) in [5.74, 6) is -1.62. The Labute approximate surface area is 121 Å². The molecule has 0 fully saturated rings. The number of nitrogens with zero attached hydrogens (tertiary/aromatic N) is 2. The van der Waals surface area contributed by atoms with Crippen molar-refractivity contribution in [3.8, 4) is 5.75 Å². The molecule has 1 atom stereocenters. The number of carbonyl (C=O) groups is 1. The highest BCUT2D eigenvalue weighted by atomic mass is 32.2. The Balaban J connectivity index is 2.23. The molecule has 0 saturated carbocycles. The van der Waals surface area contributed by atoms with E-state index in [2.05, 4.69) is 10.2 Å². The molecule has 0 aliphatic carbocycles. The number of hydrogen-bond acceptors (Lipinski definition) is 5. The molecule has 21 heavy (non-hydrogen) atoms. The van der Waals surface area contributed by atoms with Crippen LogP contribution in [0.3, 0.4) is 0 Å². The highest BCUT2D eigenvalue weighted by Crippen LogP contribution is 2.25. The van der Waals surface area contributed by atoms with Crippen LogP contribution < -0.4 is 0 Å². The molecule has 0 bridgehead atoms. The first kappa shape index (κ1) is 14.8.